The molecule has 32 heavy (non-hydrogen) atoms. The van der Waals surface area contributed by atoms with Crippen molar-refractivity contribution in [2.24, 2.45) is 23.2 Å². The molecule has 0 aromatic carbocycles. The van der Waals surface area contributed by atoms with Crippen molar-refractivity contribution in [3.05, 3.63) is 17.7 Å². The molecule has 6 rings (SSSR count). The number of thioether (sulfide) groups is 1. The predicted molar refractivity (Wildman–Crippen MR) is 126 cm³/mol. The van der Waals surface area contributed by atoms with Gasteiger partial charge in [0.05, 0.1) is 11.0 Å². The van der Waals surface area contributed by atoms with Crippen LogP contribution >= 0.6 is 11.8 Å². The summed E-state index contributed by atoms with van der Waals surface area (Å²) in [6.07, 6.45) is 10.4. The van der Waals surface area contributed by atoms with Crippen LogP contribution in [0.2, 0.25) is 0 Å². The molecule has 4 bridgehead atoms. The fourth-order valence-corrected chi connectivity index (χ4v) is 7.84. The molecule has 5 fully saturated rings. The monoisotopic (exact) mass is 457 g/mol. The van der Waals surface area contributed by atoms with E-state index in [1.807, 2.05) is 12.1 Å². The Hall–Kier alpha value is -1.76. The first-order valence-corrected chi connectivity index (χ1v) is 13.4. The van der Waals surface area contributed by atoms with E-state index in [9.17, 15) is 14.7 Å². The second kappa shape index (κ2) is 8.88. The summed E-state index contributed by atoms with van der Waals surface area (Å²) in [4.78, 5) is 29.8. The van der Waals surface area contributed by atoms with E-state index in [2.05, 4.69) is 17.6 Å². The highest BCUT2D eigenvalue weighted by atomic mass is 32.2. The smallest absolute Gasteiger partial charge is 0.309 e. The van der Waals surface area contributed by atoms with Crippen molar-refractivity contribution >= 4 is 29.5 Å². The van der Waals surface area contributed by atoms with Gasteiger partial charge in [-0.05, 0) is 80.6 Å². The van der Waals surface area contributed by atoms with Crippen LogP contribution in [0.4, 0.5) is 5.82 Å². The molecule has 0 saturated heterocycles. The molecule has 5 aliphatic carbocycles. The summed E-state index contributed by atoms with van der Waals surface area (Å²) < 4.78 is 0. The van der Waals surface area contributed by atoms with Crippen LogP contribution in [0.5, 0.6) is 0 Å². The van der Waals surface area contributed by atoms with Crippen LogP contribution in [0.3, 0.4) is 0 Å². The molecule has 0 aliphatic heterocycles. The van der Waals surface area contributed by atoms with Gasteiger partial charge in [0.2, 0.25) is 0 Å². The van der Waals surface area contributed by atoms with Crippen LogP contribution < -0.4 is 10.6 Å². The van der Waals surface area contributed by atoms with Crippen LogP contribution in [0.25, 0.3) is 0 Å². The zero-order valence-corrected chi connectivity index (χ0v) is 19.8. The maximum Gasteiger partial charge on any atom is 0.309 e. The Labute approximate surface area is 194 Å². The van der Waals surface area contributed by atoms with Crippen molar-refractivity contribution in [3.63, 3.8) is 0 Å². The second-order valence-corrected chi connectivity index (χ2v) is 11.6. The predicted octanol–water partition coefficient (Wildman–Crippen LogP) is 4.95. The number of pyridine rings is 1. The Balaban J connectivity index is 1.31. The lowest BCUT2D eigenvalue weighted by atomic mass is 9.68. The van der Waals surface area contributed by atoms with Gasteiger partial charge < -0.3 is 15.7 Å². The average Bonchev–Trinajstić information content (AvgIpc) is 3.19. The summed E-state index contributed by atoms with van der Waals surface area (Å²) in [5, 5.41) is 17.5. The van der Waals surface area contributed by atoms with E-state index < -0.39 is 11.4 Å². The number of aromatic nitrogens is 1. The minimum Gasteiger partial charge on any atom is -0.481 e. The normalized spacial score (nSPS) is 33.4. The first-order valence-electron chi connectivity index (χ1n) is 12.4. The fourth-order valence-electron chi connectivity index (χ4n) is 6.97. The first kappa shape index (κ1) is 22.1. The Morgan fingerprint density at radius 1 is 1.16 bits per heavy atom. The van der Waals surface area contributed by atoms with E-state index in [-0.39, 0.29) is 11.9 Å². The third kappa shape index (κ3) is 4.02. The van der Waals surface area contributed by atoms with E-state index >= 15 is 0 Å². The van der Waals surface area contributed by atoms with Crippen molar-refractivity contribution in [3.8, 4) is 0 Å². The number of rotatable bonds is 8. The highest BCUT2D eigenvalue weighted by Crippen LogP contribution is 2.64. The molecule has 1 amide bonds. The summed E-state index contributed by atoms with van der Waals surface area (Å²) in [5.74, 6) is 2.51. The summed E-state index contributed by atoms with van der Waals surface area (Å²) >= 11 is 1.65. The topological polar surface area (TPSA) is 91.3 Å². The molecule has 3 unspecified atom stereocenters. The molecule has 5 aliphatic rings. The second-order valence-electron chi connectivity index (χ2n) is 10.5. The summed E-state index contributed by atoms with van der Waals surface area (Å²) in [6.45, 7) is 2.14. The minimum absolute atomic E-state index is 0.00323. The molecule has 5 saturated carbocycles. The Bertz CT molecular complexity index is 883. The number of hydrogen-bond acceptors (Lipinski definition) is 5. The number of hydrogen-bond donors (Lipinski definition) is 3. The quantitative estimate of drug-likeness (QED) is 0.479. The molecule has 174 valence electrons. The molecule has 6 nitrogen and oxygen atoms in total. The number of amides is 1. The SMILES string of the molecule is CCCSc1nc(N[C@H]2C3CC4C[C@@](C(=O)O)(C3)CC42)ccc1C(=O)NC1CCCCC1. The van der Waals surface area contributed by atoms with Crippen LogP contribution in [-0.4, -0.2) is 39.8 Å². The number of aliphatic carboxylic acids is 1. The summed E-state index contributed by atoms with van der Waals surface area (Å²) in [6, 6.07) is 4.45. The van der Waals surface area contributed by atoms with E-state index in [1.165, 1.54) is 19.3 Å². The molecule has 5 atom stereocenters. The van der Waals surface area contributed by atoms with Crippen molar-refractivity contribution in [1.29, 1.82) is 0 Å². The van der Waals surface area contributed by atoms with E-state index in [4.69, 9.17) is 4.98 Å². The van der Waals surface area contributed by atoms with Crippen LogP contribution in [0.15, 0.2) is 17.2 Å². The average molecular weight is 458 g/mol. The molecular formula is C25H35N3O3S. The molecule has 1 heterocycles. The van der Waals surface area contributed by atoms with Gasteiger partial charge in [-0.2, -0.15) is 0 Å². The molecule has 1 aromatic heterocycles. The third-order valence-corrected chi connectivity index (χ3v) is 9.57. The molecule has 7 heteroatoms. The fraction of sp³-hybridized carbons (Fsp3) is 0.720. The van der Waals surface area contributed by atoms with Gasteiger partial charge in [-0.1, -0.05) is 26.2 Å². The zero-order chi connectivity index (χ0) is 22.3. The molecule has 0 spiro atoms. The molecule has 0 radical (unpaired) electrons. The highest BCUT2D eigenvalue weighted by Gasteiger charge is 2.63. The van der Waals surface area contributed by atoms with E-state index in [0.29, 0.717) is 29.4 Å². The van der Waals surface area contributed by atoms with Gasteiger partial charge in [0.25, 0.3) is 5.91 Å². The van der Waals surface area contributed by atoms with Gasteiger partial charge in [-0.25, -0.2) is 4.98 Å². The lowest BCUT2D eigenvalue weighted by molar-refractivity contribution is -0.152. The Morgan fingerprint density at radius 3 is 2.66 bits per heavy atom. The molecular weight excluding hydrogens is 422 g/mol. The summed E-state index contributed by atoms with van der Waals surface area (Å²) in [5.41, 5.74) is 0.200. The van der Waals surface area contributed by atoms with E-state index in [1.54, 1.807) is 11.8 Å². The van der Waals surface area contributed by atoms with Gasteiger partial charge >= 0.3 is 5.97 Å². The number of nitrogens with one attached hydrogen (secondary N) is 2. The lowest BCUT2D eigenvalue weighted by Gasteiger charge is -2.39. The van der Waals surface area contributed by atoms with Gasteiger partial charge in [-0.15, -0.1) is 11.8 Å². The standard InChI is InChI=1S/C25H35N3O3S/c1-2-10-32-23-18(22(29)26-17-6-4-3-5-7-17)8-9-20(28-23)27-21-16-11-15-12-25(13-16,24(30)31)14-19(15)21/h8-9,15-17,19,21H,2-7,10-14H2,1H3,(H,26,29)(H,27,28)(H,30,31)/t15?,16?,19?,21-,25+/m0/s1. The number of carboxylic acid groups (broad SMARTS) is 1. The Kier molecular flexibility index (Phi) is 6.12. The van der Waals surface area contributed by atoms with Crippen LogP contribution in [-0.2, 0) is 4.79 Å². The largest absolute Gasteiger partial charge is 0.481 e. The highest BCUT2D eigenvalue weighted by molar-refractivity contribution is 7.99. The maximum atomic E-state index is 13.0. The van der Waals surface area contributed by atoms with E-state index in [0.717, 1.165) is 61.5 Å². The Morgan fingerprint density at radius 2 is 1.94 bits per heavy atom. The van der Waals surface area contributed by atoms with Crippen molar-refractivity contribution in [2.75, 3.05) is 11.1 Å². The van der Waals surface area contributed by atoms with Crippen molar-refractivity contribution < 1.29 is 14.7 Å². The number of anilines is 1. The first-order chi connectivity index (χ1) is 15.5. The molecule has 3 N–H and O–H groups in total. The number of carbonyl (C=O) groups is 2. The number of carbonyl (C=O) groups excluding carboxylic acids is 1. The lowest BCUT2D eigenvalue weighted by Crippen LogP contribution is -2.43. The van der Waals surface area contributed by atoms with Crippen molar-refractivity contribution in [1.82, 2.24) is 10.3 Å². The maximum absolute atomic E-state index is 13.0. The number of carboxylic acids is 1. The number of nitrogens with zero attached hydrogens (tertiary/aromatic N) is 1. The summed E-state index contributed by atoms with van der Waals surface area (Å²) in [7, 11) is 0. The van der Waals surface area contributed by atoms with Crippen LogP contribution in [0, 0.1) is 23.2 Å². The zero-order valence-electron chi connectivity index (χ0n) is 18.9. The van der Waals surface area contributed by atoms with Gasteiger partial charge in [0, 0.05) is 12.1 Å². The third-order valence-electron chi connectivity index (χ3n) is 8.37. The van der Waals surface area contributed by atoms with Crippen LogP contribution in [0.1, 0.15) is 81.5 Å². The van der Waals surface area contributed by atoms with Crippen molar-refractivity contribution in [2.45, 2.75) is 88.2 Å². The minimum atomic E-state index is -0.599. The van der Waals surface area contributed by atoms with Gasteiger partial charge in [0.15, 0.2) is 0 Å². The van der Waals surface area contributed by atoms with Gasteiger partial charge in [-0.3, -0.25) is 9.59 Å². The van der Waals surface area contributed by atoms with Gasteiger partial charge in [0.1, 0.15) is 10.8 Å². The molecule has 1 aromatic rings.